The maximum absolute atomic E-state index is 13.2. The van der Waals surface area contributed by atoms with Crippen LogP contribution in [0.5, 0.6) is 0 Å². The van der Waals surface area contributed by atoms with Crippen LogP contribution in [0.4, 0.5) is 0 Å². The first kappa shape index (κ1) is 58.1. The fourth-order valence-corrected chi connectivity index (χ4v) is 7.97. The van der Waals surface area contributed by atoms with Crippen LogP contribution in [0.1, 0.15) is 271 Å². The summed E-state index contributed by atoms with van der Waals surface area (Å²) in [5, 5.41) is 23.8. The molecule has 0 aliphatic rings. The fourth-order valence-electron chi connectivity index (χ4n) is 7.97. The summed E-state index contributed by atoms with van der Waals surface area (Å²) in [5.41, 5.74) is 0. The molecule has 0 rings (SSSR count). The predicted molar refractivity (Wildman–Crippen MR) is 259 cm³/mol. The van der Waals surface area contributed by atoms with Gasteiger partial charge in [-0.15, -0.1) is 0 Å². The highest BCUT2D eigenvalue weighted by Crippen LogP contribution is 2.18. The number of nitrogens with one attached hydrogen (secondary N) is 1. The molecule has 3 N–H and O–H groups in total. The van der Waals surface area contributed by atoms with Crippen LogP contribution in [0.15, 0.2) is 36.5 Å². The second kappa shape index (κ2) is 48.1. The molecule has 352 valence electrons. The van der Waals surface area contributed by atoms with Crippen molar-refractivity contribution in [1.82, 2.24) is 5.32 Å². The van der Waals surface area contributed by atoms with Crippen molar-refractivity contribution in [2.45, 2.75) is 289 Å². The standard InChI is InChI=1S/C54H101NO5/c1-4-7-10-13-16-19-22-25-27-28-30-33-36-39-42-45-50(60-54(59)47-44-41-38-35-32-24-21-18-15-12-9-6-3)48-53(58)55-51(49-56)52(57)46-43-40-37-34-31-29-26-23-20-17-14-11-8-5-2/h16,19,25,27,30,33,50-52,56-57H,4-15,17-18,20-24,26,28-29,31-32,34-49H2,1-3H3,(H,55,58)/b19-16-,27-25-,33-30-. The quantitative estimate of drug-likeness (QED) is 0.0322. The van der Waals surface area contributed by atoms with Gasteiger partial charge in [0.2, 0.25) is 5.91 Å². The van der Waals surface area contributed by atoms with Crippen molar-refractivity contribution in [2.24, 2.45) is 0 Å². The molecule has 0 bridgehead atoms. The van der Waals surface area contributed by atoms with E-state index >= 15 is 0 Å². The largest absolute Gasteiger partial charge is 0.462 e. The van der Waals surface area contributed by atoms with Crippen molar-refractivity contribution in [3.63, 3.8) is 0 Å². The van der Waals surface area contributed by atoms with E-state index < -0.39 is 18.2 Å². The van der Waals surface area contributed by atoms with E-state index in [2.05, 4.69) is 62.5 Å². The molecule has 0 aliphatic heterocycles. The molecule has 0 aromatic heterocycles. The van der Waals surface area contributed by atoms with Crippen LogP contribution in [-0.2, 0) is 14.3 Å². The van der Waals surface area contributed by atoms with Gasteiger partial charge in [-0.25, -0.2) is 0 Å². The lowest BCUT2D eigenvalue weighted by atomic mass is 10.0. The molecule has 60 heavy (non-hydrogen) atoms. The summed E-state index contributed by atoms with van der Waals surface area (Å²) in [7, 11) is 0. The first-order chi connectivity index (χ1) is 29.5. The number of amides is 1. The van der Waals surface area contributed by atoms with Crippen molar-refractivity contribution in [3.8, 4) is 0 Å². The molecule has 0 aromatic carbocycles. The smallest absolute Gasteiger partial charge is 0.306 e. The third kappa shape index (κ3) is 42.8. The average molecular weight is 844 g/mol. The third-order valence-electron chi connectivity index (χ3n) is 12.0. The van der Waals surface area contributed by atoms with Gasteiger partial charge in [0.25, 0.3) is 0 Å². The molecule has 0 saturated heterocycles. The van der Waals surface area contributed by atoms with E-state index in [1.165, 1.54) is 154 Å². The summed E-state index contributed by atoms with van der Waals surface area (Å²) >= 11 is 0. The fraction of sp³-hybridized carbons (Fsp3) is 0.852. The molecule has 1 amide bonds. The van der Waals surface area contributed by atoms with E-state index in [0.717, 1.165) is 70.6 Å². The van der Waals surface area contributed by atoms with Crippen LogP contribution in [0, 0.1) is 0 Å². The van der Waals surface area contributed by atoms with Gasteiger partial charge in [0, 0.05) is 6.42 Å². The maximum atomic E-state index is 13.2. The predicted octanol–water partition coefficient (Wildman–Crippen LogP) is 15.7. The van der Waals surface area contributed by atoms with Crippen LogP contribution in [0.3, 0.4) is 0 Å². The summed E-state index contributed by atoms with van der Waals surface area (Å²) in [4.78, 5) is 26.1. The molecular weight excluding hydrogens is 743 g/mol. The van der Waals surface area contributed by atoms with Crippen LogP contribution in [0.2, 0.25) is 0 Å². The molecular formula is C54H101NO5. The number of carbonyl (C=O) groups excluding carboxylic acids is 2. The molecule has 0 heterocycles. The van der Waals surface area contributed by atoms with E-state index in [4.69, 9.17) is 4.74 Å². The first-order valence-corrected chi connectivity index (χ1v) is 26.2. The van der Waals surface area contributed by atoms with Gasteiger partial charge < -0.3 is 20.3 Å². The van der Waals surface area contributed by atoms with E-state index in [1.54, 1.807) is 0 Å². The average Bonchev–Trinajstić information content (AvgIpc) is 3.24. The lowest BCUT2D eigenvalue weighted by Gasteiger charge is -2.24. The minimum atomic E-state index is -0.795. The Bertz CT molecular complexity index is 993. The molecule has 0 aliphatic carbocycles. The van der Waals surface area contributed by atoms with E-state index in [-0.39, 0.29) is 24.9 Å². The van der Waals surface area contributed by atoms with Gasteiger partial charge in [-0.05, 0) is 64.2 Å². The second-order valence-corrected chi connectivity index (χ2v) is 17.9. The lowest BCUT2D eigenvalue weighted by Crippen LogP contribution is -2.46. The van der Waals surface area contributed by atoms with Crippen molar-refractivity contribution < 1.29 is 24.5 Å². The molecule has 0 radical (unpaired) electrons. The Kier molecular flexibility index (Phi) is 46.6. The Hall–Kier alpha value is -1.92. The van der Waals surface area contributed by atoms with E-state index in [0.29, 0.717) is 19.3 Å². The van der Waals surface area contributed by atoms with Crippen molar-refractivity contribution >= 4 is 11.9 Å². The Labute approximate surface area is 373 Å². The highest BCUT2D eigenvalue weighted by Gasteiger charge is 2.24. The van der Waals surface area contributed by atoms with Crippen LogP contribution >= 0.6 is 0 Å². The minimum Gasteiger partial charge on any atom is -0.462 e. The van der Waals surface area contributed by atoms with Gasteiger partial charge in [-0.3, -0.25) is 9.59 Å². The number of esters is 1. The molecule has 6 nitrogen and oxygen atoms in total. The molecule has 0 fully saturated rings. The molecule has 0 saturated carbocycles. The highest BCUT2D eigenvalue weighted by molar-refractivity contribution is 5.77. The molecule has 6 heteroatoms. The first-order valence-electron chi connectivity index (χ1n) is 26.2. The summed E-state index contributed by atoms with van der Waals surface area (Å²) in [5.74, 6) is -0.501. The summed E-state index contributed by atoms with van der Waals surface area (Å²) in [6.45, 7) is 6.45. The highest BCUT2D eigenvalue weighted by atomic mass is 16.5. The zero-order chi connectivity index (χ0) is 43.8. The monoisotopic (exact) mass is 844 g/mol. The molecule has 3 atom stereocenters. The number of allylic oxidation sites excluding steroid dienone is 6. The number of hydrogen-bond acceptors (Lipinski definition) is 5. The summed E-state index contributed by atoms with van der Waals surface area (Å²) < 4.78 is 5.92. The zero-order valence-corrected chi connectivity index (χ0v) is 40.1. The van der Waals surface area contributed by atoms with Gasteiger partial charge in [-0.2, -0.15) is 0 Å². The van der Waals surface area contributed by atoms with Gasteiger partial charge in [-0.1, -0.05) is 231 Å². The summed E-state index contributed by atoms with van der Waals surface area (Å²) in [6.07, 6.45) is 56.3. The Morgan fingerprint density at radius 1 is 0.483 bits per heavy atom. The van der Waals surface area contributed by atoms with Crippen LogP contribution in [-0.4, -0.2) is 46.9 Å². The number of carbonyl (C=O) groups is 2. The Morgan fingerprint density at radius 3 is 1.30 bits per heavy atom. The number of aliphatic hydroxyl groups is 2. The lowest BCUT2D eigenvalue weighted by molar-refractivity contribution is -0.151. The van der Waals surface area contributed by atoms with Gasteiger partial charge >= 0.3 is 5.97 Å². The second-order valence-electron chi connectivity index (χ2n) is 17.9. The number of rotatable bonds is 47. The normalized spacial score (nSPS) is 13.5. The van der Waals surface area contributed by atoms with Gasteiger partial charge in [0.05, 0.1) is 25.2 Å². The molecule has 0 aromatic rings. The van der Waals surface area contributed by atoms with E-state index in [9.17, 15) is 19.8 Å². The number of aliphatic hydroxyl groups excluding tert-OH is 2. The molecule has 3 unspecified atom stereocenters. The number of unbranched alkanes of at least 4 members (excludes halogenated alkanes) is 29. The maximum Gasteiger partial charge on any atom is 0.306 e. The van der Waals surface area contributed by atoms with Gasteiger partial charge in [0.15, 0.2) is 0 Å². The van der Waals surface area contributed by atoms with Crippen LogP contribution in [0.25, 0.3) is 0 Å². The van der Waals surface area contributed by atoms with E-state index in [1.807, 2.05) is 0 Å². The number of ether oxygens (including phenoxy) is 1. The van der Waals surface area contributed by atoms with Gasteiger partial charge in [0.1, 0.15) is 6.10 Å². The van der Waals surface area contributed by atoms with Crippen LogP contribution < -0.4 is 5.32 Å². The number of hydrogen-bond donors (Lipinski definition) is 3. The Morgan fingerprint density at radius 2 is 0.850 bits per heavy atom. The third-order valence-corrected chi connectivity index (χ3v) is 12.0. The SMILES string of the molecule is CCCCC/C=C\C/C=C\C/C=C\CCCCC(CC(=O)NC(CO)C(O)CCCCCCCCCCCCCCCC)OC(=O)CCCCCCCCCCCCCC. The zero-order valence-electron chi connectivity index (χ0n) is 40.1. The van der Waals surface area contributed by atoms with Crippen molar-refractivity contribution in [2.75, 3.05) is 6.61 Å². The summed E-state index contributed by atoms with van der Waals surface area (Å²) in [6, 6.07) is -0.710. The van der Waals surface area contributed by atoms with Crippen molar-refractivity contribution in [1.29, 1.82) is 0 Å². The topological polar surface area (TPSA) is 95.9 Å². The minimum absolute atomic E-state index is 0.0555. The molecule has 0 spiro atoms. The van der Waals surface area contributed by atoms with Crippen molar-refractivity contribution in [3.05, 3.63) is 36.5 Å². The Balaban J connectivity index is 4.62.